The molecule has 146 valence electrons. The Morgan fingerprint density at radius 2 is 1.96 bits per heavy atom. The van der Waals surface area contributed by atoms with Crippen LogP contribution in [0.5, 0.6) is 5.75 Å². The van der Waals surface area contributed by atoms with E-state index in [1.165, 1.54) is 16.7 Å². The number of aryl methyl sites for hydroxylation is 1. The van der Waals surface area contributed by atoms with Crippen molar-refractivity contribution in [1.82, 2.24) is 0 Å². The van der Waals surface area contributed by atoms with Crippen molar-refractivity contribution in [2.45, 2.75) is 25.0 Å². The number of carbonyl (C=O) groups excluding carboxylic acids is 3. The molecular weight excluding hydrogens is 376 g/mol. The molecular formula is C21H22N2O4S. The van der Waals surface area contributed by atoms with E-state index >= 15 is 0 Å². The van der Waals surface area contributed by atoms with E-state index in [4.69, 9.17) is 4.74 Å². The van der Waals surface area contributed by atoms with Gasteiger partial charge in [-0.3, -0.25) is 14.4 Å². The van der Waals surface area contributed by atoms with Crippen molar-refractivity contribution in [3.8, 4) is 5.75 Å². The number of hydrogen-bond acceptors (Lipinski definition) is 5. The highest BCUT2D eigenvalue weighted by atomic mass is 32.2. The Morgan fingerprint density at radius 3 is 2.68 bits per heavy atom. The van der Waals surface area contributed by atoms with Gasteiger partial charge in [-0.05, 0) is 31.2 Å². The number of amides is 3. The predicted molar refractivity (Wildman–Crippen MR) is 111 cm³/mol. The molecule has 0 spiro atoms. The summed E-state index contributed by atoms with van der Waals surface area (Å²) >= 11 is 1.35. The quantitative estimate of drug-likeness (QED) is 0.724. The summed E-state index contributed by atoms with van der Waals surface area (Å²) in [6, 6.07) is 14.4. The van der Waals surface area contributed by atoms with Gasteiger partial charge < -0.3 is 10.1 Å². The minimum Gasteiger partial charge on any atom is -0.497 e. The van der Waals surface area contributed by atoms with Gasteiger partial charge in [0.2, 0.25) is 17.7 Å². The fraction of sp³-hybridized carbons (Fsp3) is 0.286. The van der Waals surface area contributed by atoms with Gasteiger partial charge in [0, 0.05) is 30.3 Å². The maximum atomic E-state index is 12.6. The fourth-order valence-corrected chi connectivity index (χ4v) is 4.01. The first kappa shape index (κ1) is 19.9. The second-order valence-corrected chi connectivity index (χ2v) is 7.81. The summed E-state index contributed by atoms with van der Waals surface area (Å²) in [6.45, 7) is 1.95. The Bertz CT molecular complexity index is 882. The molecule has 1 saturated heterocycles. The lowest BCUT2D eigenvalue weighted by molar-refractivity contribution is -0.121. The van der Waals surface area contributed by atoms with Crippen LogP contribution >= 0.6 is 11.8 Å². The lowest BCUT2D eigenvalue weighted by Crippen LogP contribution is -2.31. The zero-order valence-electron chi connectivity index (χ0n) is 15.8. The van der Waals surface area contributed by atoms with Crippen LogP contribution in [0.25, 0.3) is 0 Å². The Labute approximate surface area is 168 Å². The lowest BCUT2D eigenvalue weighted by Gasteiger charge is -2.15. The molecule has 1 fully saturated rings. The van der Waals surface area contributed by atoms with Gasteiger partial charge in [-0.2, -0.15) is 0 Å². The van der Waals surface area contributed by atoms with E-state index in [2.05, 4.69) is 5.32 Å². The van der Waals surface area contributed by atoms with Crippen molar-refractivity contribution in [2.24, 2.45) is 0 Å². The molecule has 1 unspecified atom stereocenters. The van der Waals surface area contributed by atoms with E-state index < -0.39 is 5.25 Å². The average molecular weight is 398 g/mol. The Morgan fingerprint density at radius 1 is 1.21 bits per heavy atom. The molecule has 7 heteroatoms. The average Bonchev–Trinajstić information content (AvgIpc) is 2.96. The summed E-state index contributed by atoms with van der Waals surface area (Å²) in [4.78, 5) is 38.3. The van der Waals surface area contributed by atoms with Crippen LogP contribution in [0.4, 0.5) is 11.4 Å². The number of nitrogens with one attached hydrogen (secondary N) is 1. The number of nitrogens with zero attached hydrogens (tertiary/aromatic N) is 1. The minimum atomic E-state index is -0.446. The molecule has 28 heavy (non-hydrogen) atoms. The van der Waals surface area contributed by atoms with Gasteiger partial charge in [-0.15, -0.1) is 11.8 Å². The van der Waals surface area contributed by atoms with Crippen LogP contribution in [0.3, 0.4) is 0 Å². The molecule has 3 amide bonds. The van der Waals surface area contributed by atoms with Gasteiger partial charge in [0.1, 0.15) is 5.75 Å². The van der Waals surface area contributed by atoms with Gasteiger partial charge in [0.15, 0.2) is 0 Å². The fourth-order valence-electron chi connectivity index (χ4n) is 2.92. The number of benzene rings is 2. The third-order valence-electron chi connectivity index (χ3n) is 4.40. The summed E-state index contributed by atoms with van der Waals surface area (Å²) in [7, 11) is 1.57. The highest BCUT2D eigenvalue weighted by Gasteiger charge is 2.39. The van der Waals surface area contributed by atoms with Crippen LogP contribution in [0, 0.1) is 6.92 Å². The van der Waals surface area contributed by atoms with Crippen molar-refractivity contribution in [3.05, 3.63) is 54.1 Å². The summed E-state index contributed by atoms with van der Waals surface area (Å²) in [5.41, 5.74) is 2.32. The third-order valence-corrected chi connectivity index (χ3v) is 5.61. The van der Waals surface area contributed by atoms with Crippen LogP contribution < -0.4 is 15.0 Å². The highest BCUT2D eigenvalue weighted by molar-refractivity contribution is 8.00. The van der Waals surface area contributed by atoms with Crippen LogP contribution in [-0.4, -0.2) is 35.8 Å². The number of anilines is 2. The molecule has 1 aliphatic heterocycles. The number of rotatable bonds is 7. The molecule has 2 aromatic carbocycles. The molecule has 1 atom stereocenters. The number of methoxy groups -OCH3 is 1. The maximum Gasteiger partial charge on any atom is 0.247 e. The van der Waals surface area contributed by atoms with Gasteiger partial charge in [0.25, 0.3) is 0 Å². The van der Waals surface area contributed by atoms with E-state index in [0.29, 0.717) is 22.9 Å². The van der Waals surface area contributed by atoms with Crippen molar-refractivity contribution >= 4 is 40.9 Å². The standard InChI is InChI=1S/C21H22N2O4S/c1-14-6-8-16(9-7-14)23-20(25)13-18(21(23)26)28-11-10-19(24)22-15-4-3-5-17(12-15)27-2/h3-9,12,18H,10-11,13H2,1-2H3,(H,22,24). The number of hydrogen-bond donors (Lipinski definition) is 1. The first-order valence-corrected chi connectivity index (χ1v) is 10.0. The van der Waals surface area contributed by atoms with Gasteiger partial charge in [-0.1, -0.05) is 23.8 Å². The largest absolute Gasteiger partial charge is 0.497 e. The maximum absolute atomic E-state index is 12.6. The number of thioether (sulfide) groups is 1. The summed E-state index contributed by atoms with van der Waals surface area (Å²) < 4.78 is 5.13. The summed E-state index contributed by atoms with van der Waals surface area (Å²) in [5.74, 6) is 0.562. The molecule has 2 aromatic rings. The van der Waals surface area contributed by atoms with Gasteiger partial charge in [0.05, 0.1) is 18.0 Å². The van der Waals surface area contributed by atoms with Crippen LogP contribution in [0.2, 0.25) is 0 Å². The molecule has 0 aromatic heterocycles. The number of imide groups is 1. The Hall–Kier alpha value is -2.80. The number of ether oxygens (including phenoxy) is 1. The predicted octanol–water partition coefficient (Wildman–Crippen LogP) is 3.40. The molecule has 1 aliphatic rings. The summed E-state index contributed by atoms with van der Waals surface area (Å²) in [6.07, 6.45) is 0.416. The highest BCUT2D eigenvalue weighted by Crippen LogP contribution is 2.30. The van der Waals surface area contributed by atoms with E-state index in [1.54, 1.807) is 43.5 Å². The summed E-state index contributed by atoms with van der Waals surface area (Å²) in [5, 5.41) is 2.36. The smallest absolute Gasteiger partial charge is 0.247 e. The first-order valence-electron chi connectivity index (χ1n) is 8.97. The van der Waals surface area contributed by atoms with Crippen LogP contribution in [-0.2, 0) is 14.4 Å². The topological polar surface area (TPSA) is 75.7 Å². The van der Waals surface area contributed by atoms with Crippen LogP contribution in [0.1, 0.15) is 18.4 Å². The van der Waals surface area contributed by atoms with E-state index in [-0.39, 0.29) is 30.6 Å². The van der Waals surface area contributed by atoms with Crippen molar-refractivity contribution < 1.29 is 19.1 Å². The second-order valence-electron chi connectivity index (χ2n) is 6.50. The SMILES string of the molecule is COc1cccc(NC(=O)CCSC2CC(=O)N(c3ccc(C)cc3)C2=O)c1. The molecule has 0 aliphatic carbocycles. The molecule has 1 N–H and O–H groups in total. The molecule has 6 nitrogen and oxygen atoms in total. The van der Waals surface area contributed by atoms with E-state index in [1.807, 2.05) is 19.1 Å². The molecule has 3 rings (SSSR count). The molecule has 0 bridgehead atoms. The zero-order chi connectivity index (χ0) is 20.1. The zero-order valence-corrected chi connectivity index (χ0v) is 16.6. The van der Waals surface area contributed by atoms with E-state index in [0.717, 1.165) is 5.56 Å². The lowest BCUT2D eigenvalue weighted by atomic mass is 10.2. The Balaban J connectivity index is 1.50. The monoisotopic (exact) mass is 398 g/mol. The minimum absolute atomic E-state index is 0.145. The van der Waals surface area contributed by atoms with Crippen molar-refractivity contribution in [2.75, 3.05) is 23.1 Å². The van der Waals surface area contributed by atoms with Crippen molar-refractivity contribution in [1.29, 1.82) is 0 Å². The number of carbonyl (C=O) groups is 3. The second kappa shape index (κ2) is 8.93. The van der Waals surface area contributed by atoms with Crippen molar-refractivity contribution in [3.63, 3.8) is 0 Å². The Kier molecular flexibility index (Phi) is 6.36. The molecule has 0 radical (unpaired) electrons. The van der Waals surface area contributed by atoms with Crippen LogP contribution in [0.15, 0.2) is 48.5 Å². The third kappa shape index (κ3) is 4.72. The molecule has 1 heterocycles. The van der Waals surface area contributed by atoms with Gasteiger partial charge >= 0.3 is 0 Å². The first-order chi connectivity index (χ1) is 13.5. The van der Waals surface area contributed by atoms with Gasteiger partial charge in [-0.25, -0.2) is 4.90 Å². The molecule has 0 saturated carbocycles. The normalized spacial score (nSPS) is 16.4. The van der Waals surface area contributed by atoms with E-state index in [9.17, 15) is 14.4 Å².